The average Bonchev–Trinajstić information content (AvgIpc) is 2.48. The second kappa shape index (κ2) is 6.19. The van der Waals surface area contributed by atoms with Crippen LogP contribution in [0.5, 0.6) is 11.5 Å². The molecular weight excluding hydrogens is 288 g/mol. The summed E-state index contributed by atoms with van der Waals surface area (Å²) < 4.78 is 10.8. The highest BCUT2D eigenvalue weighted by Crippen LogP contribution is 2.39. The molecule has 4 heteroatoms. The van der Waals surface area contributed by atoms with Crippen molar-refractivity contribution < 1.29 is 14.3 Å². The van der Waals surface area contributed by atoms with E-state index in [1.54, 1.807) is 32.4 Å². The second-order valence-corrected chi connectivity index (χ2v) is 5.18. The molecule has 0 unspecified atom stereocenters. The minimum Gasteiger partial charge on any atom is -0.496 e. The average molecular weight is 305 g/mol. The highest BCUT2D eigenvalue weighted by Gasteiger charge is 2.15. The first-order chi connectivity index (χ1) is 9.97. The third-order valence-electron chi connectivity index (χ3n) is 3.38. The fraction of sp³-hybridized carbons (Fsp3) is 0.235. The molecule has 21 heavy (non-hydrogen) atoms. The predicted molar refractivity (Wildman–Crippen MR) is 84.7 cm³/mol. The Morgan fingerprint density at radius 2 is 1.62 bits per heavy atom. The van der Waals surface area contributed by atoms with Gasteiger partial charge < -0.3 is 9.47 Å². The van der Waals surface area contributed by atoms with Gasteiger partial charge in [0.25, 0.3) is 0 Å². The number of carbonyl (C=O) groups is 1. The summed E-state index contributed by atoms with van der Waals surface area (Å²) in [5, 5.41) is 0.636. The number of ether oxygens (including phenoxy) is 2. The summed E-state index contributed by atoms with van der Waals surface area (Å²) in [6.45, 7) is 3.46. The van der Waals surface area contributed by atoms with Gasteiger partial charge in [-0.25, -0.2) is 0 Å². The van der Waals surface area contributed by atoms with Crippen LogP contribution in [0.15, 0.2) is 30.3 Å². The summed E-state index contributed by atoms with van der Waals surface area (Å²) >= 11 is 6.14. The van der Waals surface area contributed by atoms with Crippen LogP contribution in [-0.2, 0) is 0 Å². The van der Waals surface area contributed by atoms with Crippen molar-refractivity contribution in [1.29, 1.82) is 0 Å². The molecule has 0 spiro atoms. The number of hydrogen-bond donors (Lipinski definition) is 0. The van der Waals surface area contributed by atoms with E-state index in [1.165, 1.54) is 6.92 Å². The molecule has 0 saturated heterocycles. The zero-order valence-corrected chi connectivity index (χ0v) is 13.2. The van der Waals surface area contributed by atoms with Gasteiger partial charge in [-0.2, -0.15) is 0 Å². The second-order valence-electron chi connectivity index (χ2n) is 4.77. The highest BCUT2D eigenvalue weighted by atomic mass is 35.5. The zero-order chi connectivity index (χ0) is 15.6. The lowest BCUT2D eigenvalue weighted by molar-refractivity contribution is 0.101. The molecular formula is C17H17ClO3. The minimum atomic E-state index is 0.00329. The molecule has 0 radical (unpaired) electrons. The number of benzene rings is 2. The number of Topliss-reactive ketones (excluding diaryl/α,β-unsaturated/α-hetero) is 1. The number of hydrogen-bond acceptors (Lipinski definition) is 3. The van der Waals surface area contributed by atoms with Gasteiger partial charge in [-0.05, 0) is 49.7 Å². The van der Waals surface area contributed by atoms with E-state index in [0.717, 1.165) is 16.7 Å². The normalized spacial score (nSPS) is 10.3. The molecule has 0 saturated carbocycles. The van der Waals surface area contributed by atoms with Gasteiger partial charge in [-0.3, -0.25) is 4.79 Å². The Balaban J connectivity index is 2.72. The van der Waals surface area contributed by atoms with E-state index in [9.17, 15) is 4.79 Å². The minimum absolute atomic E-state index is 0.00329. The molecule has 0 aliphatic rings. The molecule has 2 aromatic rings. The lowest BCUT2D eigenvalue weighted by Gasteiger charge is -2.15. The number of rotatable bonds is 4. The fourth-order valence-electron chi connectivity index (χ4n) is 2.18. The van der Waals surface area contributed by atoms with Gasteiger partial charge in [-0.1, -0.05) is 11.6 Å². The number of ketones is 1. The summed E-state index contributed by atoms with van der Waals surface area (Å²) in [6.07, 6.45) is 0. The SMILES string of the molecule is COc1ccc(C(C)=O)cc1-c1cc(C)c(Cl)cc1OC. The third-order valence-corrected chi connectivity index (χ3v) is 3.78. The predicted octanol–water partition coefficient (Wildman–Crippen LogP) is 4.54. The molecule has 0 aliphatic heterocycles. The number of aryl methyl sites for hydroxylation is 1. The van der Waals surface area contributed by atoms with Crippen molar-refractivity contribution in [1.82, 2.24) is 0 Å². The smallest absolute Gasteiger partial charge is 0.159 e. The Hall–Kier alpha value is -2.00. The van der Waals surface area contributed by atoms with Gasteiger partial charge in [0.1, 0.15) is 11.5 Å². The molecule has 2 rings (SSSR count). The van der Waals surface area contributed by atoms with E-state index < -0.39 is 0 Å². The maximum Gasteiger partial charge on any atom is 0.159 e. The largest absolute Gasteiger partial charge is 0.496 e. The number of halogens is 1. The molecule has 0 heterocycles. The number of carbonyl (C=O) groups excluding carboxylic acids is 1. The first kappa shape index (κ1) is 15.4. The maximum absolute atomic E-state index is 11.6. The zero-order valence-electron chi connectivity index (χ0n) is 12.5. The van der Waals surface area contributed by atoms with Gasteiger partial charge in [-0.15, -0.1) is 0 Å². The van der Waals surface area contributed by atoms with Crippen molar-refractivity contribution in [2.24, 2.45) is 0 Å². The van der Waals surface area contributed by atoms with Crippen molar-refractivity contribution >= 4 is 17.4 Å². The molecule has 0 N–H and O–H groups in total. The standard InChI is InChI=1S/C17H17ClO3/c1-10-7-13(17(21-4)9-15(10)18)14-8-12(11(2)19)5-6-16(14)20-3/h5-9H,1-4H3. The number of methoxy groups -OCH3 is 2. The molecule has 110 valence electrons. The summed E-state index contributed by atoms with van der Waals surface area (Å²) in [4.78, 5) is 11.6. The highest BCUT2D eigenvalue weighted by molar-refractivity contribution is 6.31. The van der Waals surface area contributed by atoms with E-state index >= 15 is 0 Å². The Labute approximate surface area is 129 Å². The first-order valence-electron chi connectivity index (χ1n) is 6.51. The van der Waals surface area contributed by atoms with Crippen LogP contribution in [0, 0.1) is 6.92 Å². The Morgan fingerprint density at radius 1 is 1.00 bits per heavy atom. The Bertz CT molecular complexity index is 693. The molecule has 0 fully saturated rings. The molecule has 0 aliphatic carbocycles. The van der Waals surface area contributed by atoms with Crippen molar-refractivity contribution in [3.63, 3.8) is 0 Å². The van der Waals surface area contributed by atoms with E-state index in [4.69, 9.17) is 21.1 Å². The van der Waals surface area contributed by atoms with Crippen LogP contribution >= 0.6 is 11.6 Å². The molecule has 0 atom stereocenters. The van der Waals surface area contributed by atoms with Gasteiger partial charge in [0, 0.05) is 21.7 Å². The van der Waals surface area contributed by atoms with Gasteiger partial charge >= 0.3 is 0 Å². The van der Waals surface area contributed by atoms with Crippen LogP contribution in [0.2, 0.25) is 5.02 Å². The van der Waals surface area contributed by atoms with Crippen molar-refractivity contribution in [3.05, 3.63) is 46.5 Å². The molecule has 0 amide bonds. The lowest BCUT2D eigenvalue weighted by atomic mass is 9.98. The lowest BCUT2D eigenvalue weighted by Crippen LogP contribution is -1.97. The van der Waals surface area contributed by atoms with E-state index in [2.05, 4.69) is 0 Å². The summed E-state index contributed by atoms with van der Waals surface area (Å²) in [5.74, 6) is 1.33. The molecule has 0 aromatic heterocycles. The fourth-order valence-corrected chi connectivity index (χ4v) is 2.33. The van der Waals surface area contributed by atoms with Crippen LogP contribution in [0.4, 0.5) is 0 Å². The van der Waals surface area contributed by atoms with Crippen LogP contribution in [0.1, 0.15) is 22.8 Å². The van der Waals surface area contributed by atoms with Crippen LogP contribution in [0.25, 0.3) is 11.1 Å². The van der Waals surface area contributed by atoms with Crippen LogP contribution in [0.3, 0.4) is 0 Å². The Morgan fingerprint density at radius 3 is 2.19 bits per heavy atom. The molecule has 2 aromatic carbocycles. The quantitative estimate of drug-likeness (QED) is 0.778. The first-order valence-corrected chi connectivity index (χ1v) is 6.89. The summed E-state index contributed by atoms with van der Waals surface area (Å²) in [6, 6.07) is 9.05. The molecule has 0 bridgehead atoms. The maximum atomic E-state index is 11.6. The monoisotopic (exact) mass is 304 g/mol. The third kappa shape index (κ3) is 3.03. The topological polar surface area (TPSA) is 35.5 Å². The van der Waals surface area contributed by atoms with Gasteiger partial charge in [0.05, 0.1) is 14.2 Å². The molecule has 3 nitrogen and oxygen atoms in total. The van der Waals surface area contributed by atoms with Crippen LogP contribution in [-0.4, -0.2) is 20.0 Å². The van der Waals surface area contributed by atoms with E-state index in [0.29, 0.717) is 22.1 Å². The van der Waals surface area contributed by atoms with E-state index in [1.807, 2.05) is 19.1 Å². The summed E-state index contributed by atoms with van der Waals surface area (Å²) in [7, 11) is 3.19. The van der Waals surface area contributed by atoms with Gasteiger partial charge in [0.2, 0.25) is 0 Å². The van der Waals surface area contributed by atoms with Crippen LogP contribution < -0.4 is 9.47 Å². The van der Waals surface area contributed by atoms with E-state index in [-0.39, 0.29) is 5.78 Å². The van der Waals surface area contributed by atoms with Crippen molar-refractivity contribution in [3.8, 4) is 22.6 Å². The van der Waals surface area contributed by atoms with Gasteiger partial charge in [0.15, 0.2) is 5.78 Å². The van der Waals surface area contributed by atoms with Crippen molar-refractivity contribution in [2.45, 2.75) is 13.8 Å². The Kier molecular flexibility index (Phi) is 4.53. The summed E-state index contributed by atoms with van der Waals surface area (Å²) in [5.41, 5.74) is 3.21. The van der Waals surface area contributed by atoms with Crippen molar-refractivity contribution in [2.75, 3.05) is 14.2 Å².